The lowest BCUT2D eigenvalue weighted by atomic mass is 10.0. The van der Waals surface area contributed by atoms with Crippen molar-refractivity contribution in [1.82, 2.24) is 9.69 Å². The van der Waals surface area contributed by atoms with Crippen LogP contribution >= 0.6 is 0 Å². The molecule has 0 amide bonds. The predicted octanol–water partition coefficient (Wildman–Crippen LogP) is -0.155. The predicted molar refractivity (Wildman–Crippen MR) is 58.2 cm³/mol. The summed E-state index contributed by atoms with van der Waals surface area (Å²) in [6.45, 7) is 0. The number of methoxy groups -OCH3 is 2. The van der Waals surface area contributed by atoms with E-state index in [1.807, 2.05) is 0 Å². The molecule has 8 heteroatoms. The molecule has 0 bridgehead atoms. The average molecular weight is 252 g/mol. The minimum atomic E-state index is -0.0382. The van der Waals surface area contributed by atoms with E-state index in [0.29, 0.717) is 9.69 Å². The highest BCUT2D eigenvalue weighted by molar-refractivity contribution is 5.67. The molecule has 0 aromatic heterocycles. The van der Waals surface area contributed by atoms with E-state index in [2.05, 4.69) is 0 Å². The molecule has 0 spiro atoms. The first-order chi connectivity index (χ1) is 8.51. The van der Waals surface area contributed by atoms with Crippen molar-refractivity contribution in [3.05, 3.63) is 23.1 Å². The zero-order chi connectivity index (χ0) is 13.4. The Morgan fingerprint density at radius 3 is 1.50 bits per heavy atom. The van der Waals surface area contributed by atoms with Gasteiger partial charge in [-0.2, -0.15) is 0 Å². The Hall–Kier alpha value is -2.64. The van der Waals surface area contributed by atoms with Crippen LogP contribution in [-0.4, -0.2) is 34.3 Å². The molecule has 0 saturated heterocycles. The van der Waals surface area contributed by atoms with Gasteiger partial charge in [0.1, 0.15) is 10.7 Å². The number of hydrogen-bond donors (Lipinski definition) is 4. The second-order valence-electron chi connectivity index (χ2n) is 3.54. The van der Waals surface area contributed by atoms with Crippen molar-refractivity contribution in [3.63, 3.8) is 0 Å². The molecule has 0 saturated carbocycles. The van der Waals surface area contributed by atoms with E-state index in [-0.39, 0.29) is 33.3 Å². The smallest absolute Gasteiger partial charge is 0.188 e. The summed E-state index contributed by atoms with van der Waals surface area (Å²) in [5, 5.41) is 34.5. The van der Waals surface area contributed by atoms with Crippen LogP contribution in [0.4, 0.5) is 0 Å². The minimum Gasteiger partial charge on any atom is -0.491 e. The lowest BCUT2D eigenvalue weighted by Crippen LogP contribution is -2.24. The van der Waals surface area contributed by atoms with Crippen LogP contribution in [0.25, 0.3) is 11.1 Å². The number of fused-ring (bicyclic) bond motifs is 1. The van der Waals surface area contributed by atoms with Gasteiger partial charge in [0.05, 0.1) is 26.6 Å². The second-order valence-corrected chi connectivity index (χ2v) is 3.54. The van der Waals surface area contributed by atoms with Crippen molar-refractivity contribution in [2.45, 2.75) is 0 Å². The van der Waals surface area contributed by atoms with Gasteiger partial charge in [-0.25, -0.2) is 0 Å². The Labute approximate surface area is 101 Å². The van der Waals surface area contributed by atoms with Crippen molar-refractivity contribution in [1.29, 1.82) is 10.8 Å². The third-order valence-electron chi connectivity index (χ3n) is 2.60. The molecule has 0 aromatic carbocycles. The molecule has 0 unspecified atom stereocenters. The Balaban J connectivity index is 3.03. The van der Waals surface area contributed by atoms with Crippen molar-refractivity contribution in [3.8, 4) is 22.6 Å². The van der Waals surface area contributed by atoms with Crippen LogP contribution in [-0.2, 0) is 0 Å². The first kappa shape index (κ1) is 11.8. The minimum absolute atomic E-state index is 0.0382. The second kappa shape index (κ2) is 3.99. The number of benzene rings is 1. The maximum absolute atomic E-state index is 9.34. The van der Waals surface area contributed by atoms with Crippen LogP contribution in [0.15, 0.2) is 12.4 Å². The van der Waals surface area contributed by atoms with Gasteiger partial charge in [0, 0.05) is 11.1 Å². The molecule has 18 heavy (non-hydrogen) atoms. The van der Waals surface area contributed by atoms with Gasteiger partial charge in [-0.05, 0) is 0 Å². The molecule has 0 radical (unpaired) electrons. The number of nitrogens with one attached hydrogen (secondary N) is 2. The van der Waals surface area contributed by atoms with E-state index in [4.69, 9.17) is 20.3 Å². The zero-order valence-electron chi connectivity index (χ0n) is 9.76. The lowest BCUT2D eigenvalue weighted by molar-refractivity contribution is -0.0167. The van der Waals surface area contributed by atoms with Gasteiger partial charge in [-0.1, -0.05) is 9.69 Å². The highest BCUT2D eigenvalue weighted by Gasteiger charge is 2.19. The summed E-state index contributed by atoms with van der Waals surface area (Å²) >= 11 is 0. The van der Waals surface area contributed by atoms with E-state index < -0.39 is 0 Å². The highest BCUT2D eigenvalue weighted by Crippen LogP contribution is 2.24. The maximum atomic E-state index is 9.34. The number of rotatable bonds is 2. The standard InChI is InChI=1S/C10H12N4O4/c1-17-9-7(11)5-3-13(15)14(16)4-6(5)8(12)10(9)18-2/h3-4,11-12,15-16H,1-2H3. The molecule has 96 valence electrons. The van der Waals surface area contributed by atoms with Crippen LogP contribution in [0.2, 0.25) is 0 Å². The molecule has 0 aromatic rings. The molecular formula is C10H12N4O4. The summed E-state index contributed by atoms with van der Waals surface area (Å²) in [5.41, 5.74) is 0.510. The molecule has 8 nitrogen and oxygen atoms in total. The topological polar surface area (TPSA) is 116 Å². The van der Waals surface area contributed by atoms with Gasteiger partial charge in [0.2, 0.25) is 0 Å². The Kier molecular flexibility index (Phi) is 2.62. The lowest BCUT2D eigenvalue weighted by Gasteiger charge is -2.15. The zero-order valence-corrected chi connectivity index (χ0v) is 9.76. The van der Waals surface area contributed by atoms with Crippen molar-refractivity contribution in [2.75, 3.05) is 14.2 Å². The van der Waals surface area contributed by atoms with E-state index in [9.17, 15) is 10.4 Å². The molecule has 0 atom stereocenters. The van der Waals surface area contributed by atoms with Gasteiger partial charge < -0.3 is 19.9 Å². The summed E-state index contributed by atoms with van der Waals surface area (Å²) in [4.78, 5) is 0.789. The third kappa shape index (κ3) is 1.46. The number of nitrogens with zero attached hydrogens (tertiary/aromatic N) is 2. The average Bonchev–Trinajstić information content (AvgIpc) is 2.35. The van der Waals surface area contributed by atoms with Gasteiger partial charge in [-0.15, -0.1) is 0 Å². The van der Waals surface area contributed by atoms with E-state index in [1.165, 1.54) is 14.2 Å². The summed E-state index contributed by atoms with van der Waals surface area (Å²) in [7, 11) is 2.73. The summed E-state index contributed by atoms with van der Waals surface area (Å²) in [6.07, 6.45) is 2.22. The Bertz CT molecular complexity index is 628. The molecule has 0 fully saturated rings. The fraction of sp³-hybridized carbons (Fsp3) is 0.200. The van der Waals surface area contributed by atoms with Gasteiger partial charge in [0.25, 0.3) is 0 Å². The quantitative estimate of drug-likeness (QED) is 0.556. The molecular weight excluding hydrogens is 240 g/mol. The summed E-state index contributed by atoms with van der Waals surface area (Å²) in [5.74, 6) is 0.205. The fourth-order valence-electron chi connectivity index (χ4n) is 1.75. The van der Waals surface area contributed by atoms with Gasteiger partial charge in [0.15, 0.2) is 11.5 Å². The first-order valence-corrected chi connectivity index (χ1v) is 4.92. The fourth-order valence-corrected chi connectivity index (χ4v) is 1.75. The highest BCUT2D eigenvalue weighted by atomic mass is 16.6. The molecule has 4 N–H and O–H groups in total. The maximum Gasteiger partial charge on any atom is 0.188 e. The van der Waals surface area contributed by atoms with Crippen LogP contribution in [0, 0.1) is 10.8 Å². The first-order valence-electron chi connectivity index (χ1n) is 4.92. The summed E-state index contributed by atoms with van der Waals surface area (Å²) < 4.78 is 10.1. The Morgan fingerprint density at radius 1 is 0.889 bits per heavy atom. The van der Waals surface area contributed by atoms with Crippen molar-refractivity contribution in [2.24, 2.45) is 0 Å². The van der Waals surface area contributed by atoms with Crippen LogP contribution in [0.1, 0.15) is 0 Å². The Morgan fingerprint density at radius 2 is 1.22 bits per heavy atom. The molecule has 1 aliphatic heterocycles. The van der Waals surface area contributed by atoms with Crippen LogP contribution in [0.3, 0.4) is 0 Å². The van der Waals surface area contributed by atoms with E-state index in [0.717, 1.165) is 12.4 Å². The van der Waals surface area contributed by atoms with Gasteiger partial charge >= 0.3 is 0 Å². The third-order valence-corrected chi connectivity index (χ3v) is 2.60. The van der Waals surface area contributed by atoms with Crippen molar-refractivity contribution < 1.29 is 19.9 Å². The van der Waals surface area contributed by atoms with Gasteiger partial charge in [-0.3, -0.25) is 10.8 Å². The SMILES string of the molecule is COc1c(OC)c(=N)c2cn(O)n(O)cc-2c1=N. The molecule has 1 heterocycles. The van der Waals surface area contributed by atoms with Crippen LogP contribution < -0.4 is 20.2 Å². The number of hydrogen-bond acceptors (Lipinski definition) is 6. The molecule has 1 aliphatic carbocycles. The normalized spacial score (nSPS) is 10.6. The van der Waals surface area contributed by atoms with E-state index in [1.54, 1.807) is 0 Å². The largest absolute Gasteiger partial charge is 0.491 e. The summed E-state index contributed by atoms with van der Waals surface area (Å²) in [6, 6.07) is 0. The van der Waals surface area contributed by atoms with Crippen LogP contribution in [0.5, 0.6) is 11.5 Å². The monoisotopic (exact) mass is 252 g/mol. The van der Waals surface area contributed by atoms with E-state index >= 15 is 0 Å². The molecule has 2 aliphatic rings. The number of aromatic nitrogens is 2. The van der Waals surface area contributed by atoms with Crippen molar-refractivity contribution >= 4 is 0 Å². The molecule has 2 rings (SSSR count). The number of ether oxygens (including phenoxy) is 2.